The summed E-state index contributed by atoms with van der Waals surface area (Å²) in [5, 5.41) is 11.0. The minimum Gasteiger partial charge on any atom is -0.493 e. The van der Waals surface area contributed by atoms with Gasteiger partial charge in [-0.15, -0.1) is 6.58 Å². The molecule has 1 aromatic heterocycles. The predicted octanol–water partition coefficient (Wildman–Crippen LogP) is 3.49. The Kier molecular flexibility index (Phi) is 5.91. The second-order valence-electron chi connectivity index (χ2n) is 6.76. The van der Waals surface area contributed by atoms with Crippen molar-refractivity contribution in [3.05, 3.63) is 82.2 Å². The van der Waals surface area contributed by atoms with Gasteiger partial charge in [0.25, 0.3) is 5.56 Å². The maximum atomic E-state index is 13.6. The predicted molar refractivity (Wildman–Crippen MR) is 119 cm³/mol. The molecule has 0 radical (unpaired) electrons. The summed E-state index contributed by atoms with van der Waals surface area (Å²) in [6.45, 7) is 3.69. The molecular weight excluding hydrogens is 432 g/mol. The summed E-state index contributed by atoms with van der Waals surface area (Å²) in [6.07, 6.45) is 0.525. The van der Waals surface area contributed by atoms with E-state index in [2.05, 4.69) is 11.6 Å². The molecule has 0 bridgehead atoms. The van der Waals surface area contributed by atoms with E-state index in [0.29, 0.717) is 27.9 Å². The second-order valence-corrected chi connectivity index (χ2v) is 7.75. The van der Waals surface area contributed by atoms with E-state index < -0.39 is 23.5 Å². The molecular formula is C23H20N2O6S. The zero-order chi connectivity index (χ0) is 22.8. The summed E-state index contributed by atoms with van der Waals surface area (Å²) in [7, 11) is 2.86. The molecule has 3 aromatic rings. The maximum Gasteiger partial charge on any atom is 0.343 e. The van der Waals surface area contributed by atoms with Crippen LogP contribution in [0, 0.1) is 0 Å². The molecule has 8 nitrogen and oxygen atoms in total. The minimum absolute atomic E-state index is 0.142. The van der Waals surface area contributed by atoms with E-state index in [4.69, 9.17) is 14.2 Å². The number of fused-ring (bicyclic) bond motifs is 1. The summed E-state index contributed by atoms with van der Waals surface area (Å²) in [5.41, 5.74) is 0.404. The smallest absolute Gasteiger partial charge is 0.343 e. The summed E-state index contributed by atoms with van der Waals surface area (Å²) < 4.78 is 17.5. The Morgan fingerprint density at radius 3 is 2.59 bits per heavy atom. The van der Waals surface area contributed by atoms with Gasteiger partial charge in [0.15, 0.2) is 22.8 Å². The Morgan fingerprint density at radius 2 is 1.94 bits per heavy atom. The van der Waals surface area contributed by atoms with Gasteiger partial charge >= 0.3 is 5.97 Å². The molecule has 9 heteroatoms. The molecule has 1 N–H and O–H groups in total. The number of hydrogen-bond acceptors (Lipinski definition) is 8. The summed E-state index contributed by atoms with van der Waals surface area (Å²) in [5.74, 6) is -0.156. The molecule has 2 aromatic carbocycles. The average Bonchev–Trinajstić information content (AvgIpc) is 3.13. The first kappa shape index (κ1) is 21.5. The fourth-order valence-corrected chi connectivity index (χ4v) is 4.32. The fraction of sp³-hybridized carbons (Fsp3) is 0.174. The third-order valence-electron chi connectivity index (χ3n) is 4.96. The molecule has 0 saturated heterocycles. The molecule has 2 heterocycles. The Balaban J connectivity index is 1.94. The van der Waals surface area contributed by atoms with Gasteiger partial charge in [-0.1, -0.05) is 42.1 Å². The highest BCUT2D eigenvalue weighted by atomic mass is 32.2. The molecule has 0 saturated carbocycles. The fourth-order valence-electron chi connectivity index (χ4n) is 3.58. The molecule has 1 aliphatic heterocycles. The molecule has 0 amide bonds. The summed E-state index contributed by atoms with van der Waals surface area (Å²) in [6, 6.07) is 12.1. The Labute approximate surface area is 188 Å². The molecule has 4 rings (SSSR count). The van der Waals surface area contributed by atoms with Crippen LogP contribution in [0.5, 0.6) is 17.4 Å². The van der Waals surface area contributed by atoms with Gasteiger partial charge in [-0.3, -0.25) is 9.36 Å². The van der Waals surface area contributed by atoms with Crippen molar-refractivity contribution in [3.63, 3.8) is 0 Å². The first-order valence-corrected chi connectivity index (χ1v) is 10.6. The van der Waals surface area contributed by atoms with E-state index in [-0.39, 0.29) is 16.9 Å². The number of benzene rings is 2. The highest BCUT2D eigenvalue weighted by Crippen LogP contribution is 2.45. The van der Waals surface area contributed by atoms with E-state index in [1.807, 2.05) is 6.07 Å². The van der Waals surface area contributed by atoms with Crippen LogP contribution in [-0.4, -0.2) is 40.6 Å². The van der Waals surface area contributed by atoms with Gasteiger partial charge < -0.3 is 19.3 Å². The molecule has 0 aliphatic carbocycles. The van der Waals surface area contributed by atoms with Crippen LogP contribution in [0.4, 0.5) is 0 Å². The van der Waals surface area contributed by atoms with E-state index in [9.17, 15) is 14.7 Å². The topological polar surface area (TPSA) is 99.9 Å². The van der Waals surface area contributed by atoms with Crippen molar-refractivity contribution in [1.29, 1.82) is 0 Å². The van der Waals surface area contributed by atoms with E-state index in [1.165, 1.54) is 30.5 Å². The van der Waals surface area contributed by atoms with Crippen LogP contribution in [0.25, 0.3) is 5.69 Å². The lowest BCUT2D eigenvalue weighted by atomic mass is 9.99. The maximum absolute atomic E-state index is 13.6. The third-order valence-corrected chi connectivity index (χ3v) is 5.90. The number of hydrogen-bond donors (Lipinski definition) is 1. The number of cyclic esters (lactones) is 1. The van der Waals surface area contributed by atoms with Crippen molar-refractivity contribution >= 4 is 17.7 Å². The number of esters is 1. The first-order chi connectivity index (χ1) is 15.5. The number of para-hydroxylation sites is 1. The molecule has 0 spiro atoms. The summed E-state index contributed by atoms with van der Waals surface area (Å²) >= 11 is 1.25. The van der Waals surface area contributed by atoms with Crippen molar-refractivity contribution in [2.24, 2.45) is 0 Å². The van der Waals surface area contributed by atoms with Crippen LogP contribution in [0.15, 0.2) is 65.1 Å². The largest absolute Gasteiger partial charge is 0.493 e. The quantitative estimate of drug-likeness (QED) is 0.252. The lowest BCUT2D eigenvalue weighted by Gasteiger charge is -2.17. The SMILES string of the molecule is C=CCSc1nc(O)c([C@H]2OC(=O)c3c2ccc(OC)c3OC)c(=O)n1-c1ccccc1. The Bertz CT molecular complexity index is 1260. The average molecular weight is 452 g/mol. The molecule has 164 valence electrons. The Hall–Kier alpha value is -3.72. The third kappa shape index (κ3) is 3.50. The van der Waals surface area contributed by atoms with Gasteiger partial charge in [0.2, 0.25) is 5.88 Å². The minimum atomic E-state index is -1.15. The zero-order valence-electron chi connectivity index (χ0n) is 17.4. The first-order valence-electron chi connectivity index (χ1n) is 9.62. The number of thioether (sulfide) groups is 1. The number of nitrogens with zero attached hydrogens (tertiary/aromatic N) is 2. The number of aromatic nitrogens is 2. The van der Waals surface area contributed by atoms with Gasteiger partial charge in [0.1, 0.15) is 11.1 Å². The monoisotopic (exact) mass is 452 g/mol. The summed E-state index contributed by atoms with van der Waals surface area (Å²) in [4.78, 5) is 30.6. The van der Waals surface area contributed by atoms with Crippen LogP contribution in [-0.2, 0) is 4.74 Å². The van der Waals surface area contributed by atoms with Gasteiger partial charge in [0.05, 0.1) is 19.9 Å². The van der Waals surface area contributed by atoms with Crippen LogP contribution in [0.1, 0.15) is 27.6 Å². The van der Waals surface area contributed by atoms with Crippen molar-refractivity contribution in [2.75, 3.05) is 20.0 Å². The number of ether oxygens (including phenoxy) is 3. The van der Waals surface area contributed by atoms with Crippen LogP contribution < -0.4 is 15.0 Å². The van der Waals surface area contributed by atoms with Crippen molar-refractivity contribution < 1.29 is 24.1 Å². The van der Waals surface area contributed by atoms with Crippen molar-refractivity contribution in [1.82, 2.24) is 9.55 Å². The lowest BCUT2D eigenvalue weighted by molar-refractivity contribution is 0.0447. The lowest BCUT2D eigenvalue weighted by Crippen LogP contribution is -2.27. The van der Waals surface area contributed by atoms with Crippen LogP contribution in [0.3, 0.4) is 0 Å². The van der Waals surface area contributed by atoms with E-state index in [1.54, 1.807) is 42.5 Å². The van der Waals surface area contributed by atoms with Gasteiger partial charge in [0, 0.05) is 11.3 Å². The molecule has 0 fully saturated rings. The van der Waals surface area contributed by atoms with Crippen LogP contribution in [0.2, 0.25) is 0 Å². The number of aromatic hydroxyl groups is 1. The van der Waals surface area contributed by atoms with Gasteiger partial charge in [-0.2, -0.15) is 4.98 Å². The number of methoxy groups -OCH3 is 2. The number of carbonyl (C=O) groups excluding carboxylic acids is 1. The molecule has 1 aliphatic rings. The van der Waals surface area contributed by atoms with Gasteiger partial charge in [-0.05, 0) is 18.2 Å². The zero-order valence-corrected chi connectivity index (χ0v) is 18.2. The number of rotatable bonds is 7. The van der Waals surface area contributed by atoms with Crippen molar-refractivity contribution in [3.8, 4) is 23.1 Å². The van der Waals surface area contributed by atoms with Crippen LogP contribution >= 0.6 is 11.8 Å². The van der Waals surface area contributed by atoms with Gasteiger partial charge in [-0.25, -0.2) is 4.79 Å². The normalized spacial score (nSPS) is 14.6. The van der Waals surface area contributed by atoms with E-state index in [0.717, 1.165) is 0 Å². The van der Waals surface area contributed by atoms with E-state index >= 15 is 0 Å². The Morgan fingerprint density at radius 1 is 1.19 bits per heavy atom. The number of carbonyl (C=O) groups is 1. The van der Waals surface area contributed by atoms with Crippen molar-refractivity contribution in [2.45, 2.75) is 11.3 Å². The molecule has 32 heavy (non-hydrogen) atoms. The highest BCUT2D eigenvalue weighted by molar-refractivity contribution is 7.99. The highest BCUT2D eigenvalue weighted by Gasteiger charge is 2.40. The molecule has 1 atom stereocenters. The standard InChI is InChI=1S/C23H20N2O6S/c1-4-12-32-23-24-20(26)17(21(27)25(23)13-8-6-5-7-9-13)18-14-10-11-15(29-2)19(30-3)16(14)22(28)31-18/h4-11,18,26H,1,12H2,2-3H3/t18-/m0/s1. The second kappa shape index (κ2) is 8.80. The molecule has 0 unspecified atom stereocenters.